The quantitative estimate of drug-likeness (QED) is 0.850. The van der Waals surface area contributed by atoms with Gasteiger partial charge in [0.15, 0.2) is 0 Å². The lowest BCUT2D eigenvalue weighted by Gasteiger charge is -2.24. The van der Waals surface area contributed by atoms with Gasteiger partial charge in [-0.05, 0) is 36.6 Å². The minimum atomic E-state index is -3.71. The van der Waals surface area contributed by atoms with Crippen LogP contribution in [-0.2, 0) is 14.8 Å². The molecule has 2 aromatic rings. The third kappa shape index (κ3) is 3.77. The highest BCUT2D eigenvalue weighted by molar-refractivity contribution is 7.89. The van der Waals surface area contributed by atoms with Crippen LogP contribution in [0.1, 0.15) is 24.8 Å². The maximum Gasteiger partial charge on any atom is 0.243 e. The molecule has 1 heterocycles. The summed E-state index contributed by atoms with van der Waals surface area (Å²) in [5, 5.41) is 4.50. The Morgan fingerprint density at radius 3 is 2.58 bits per heavy atom. The molecule has 0 bridgehead atoms. The number of benzene rings is 1. The van der Waals surface area contributed by atoms with Crippen LogP contribution < -0.4 is 10.1 Å². The molecule has 1 aromatic carbocycles. The summed E-state index contributed by atoms with van der Waals surface area (Å²) in [6.07, 6.45) is 0. The fourth-order valence-corrected chi connectivity index (χ4v) is 4.48. The summed E-state index contributed by atoms with van der Waals surface area (Å²) in [7, 11) is -0.713. The summed E-state index contributed by atoms with van der Waals surface area (Å²) >= 11 is 1.51. The van der Waals surface area contributed by atoms with Gasteiger partial charge in [-0.2, -0.15) is 4.31 Å². The van der Waals surface area contributed by atoms with Crippen LogP contribution in [0.3, 0.4) is 0 Å². The Morgan fingerprint density at radius 1 is 1.33 bits per heavy atom. The number of rotatable bonds is 6. The first-order valence-corrected chi connectivity index (χ1v) is 9.56. The topological polar surface area (TPSA) is 75.7 Å². The Labute approximate surface area is 146 Å². The molecule has 0 aliphatic rings. The van der Waals surface area contributed by atoms with E-state index in [-0.39, 0.29) is 16.8 Å². The molecular weight excluding hydrogens is 348 g/mol. The summed E-state index contributed by atoms with van der Waals surface area (Å²) in [6.45, 7) is 3.19. The first-order valence-electron chi connectivity index (χ1n) is 7.24. The van der Waals surface area contributed by atoms with E-state index in [0.29, 0.717) is 11.4 Å². The lowest BCUT2D eigenvalue weighted by atomic mass is 10.3. The molecule has 1 aromatic heterocycles. The highest BCUT2D eigenvalue weighted by Crippen LogP contribution is 2.32. The molecule has 0 fully saturated rings. The predicted molar refractivity (Wildman–Crippen MR) is 95.0 cm³/mol. The van der Waals surface area contributed by atoms with Crippen molar-refractivity contribution in [1.29, 1.82) is 0 Å². The number of carbonyl (C=O) groups excluding carboxylic acids is 1. The molecule has 1 N–H and O–H groups in total. The van der Waals surface area contributed by atoms with Gasteiger partial charge in [-0.3, -0.25) is 4.79 Å². The lowest BCUT2D eigenvalue weighted by Crippen LogP contribution is -2.29. The third-order valence-corrected chi connectivity index (χ3v) is 6.63. The standard InChI is InChI=1S/C16H20N2O4S2/c1-11(16-6-5-9-23-16)18(3)24(20,21)13-7-8-15(22-4)14(10-13)17-12(2)19/h5-11H,1-4H3,(H,17,19)/t11-/m1/s1. The van der Waals surface area contributed by atoms with E-state index in [9.17, 15) is 13.2 Å². The fraction of sp³-hybridized carbons (Fsp3) is 0.312. The Balaban J connectivity index is 2.39. The number of thiophene rings is 1. The number of nitrogens with one attached hydrogen (secondary N) is 1. The van der Waals surface area contributed by atoms with Gasteiger partial charge in [0, 0.05) is 18.8 Å². The van der Waals surface area contributed by atoms with Gasteiger partial charge in [-0.15, -0.1) is 11.3 Å². The molecule has 2 rings (SSSR count). The van der Waals surface area contributed by atoms with Gasteiger partial charge in [0.05, 0.1) is 23.7 Å². The van der Waals surface area contributed by atoms with Crippen molar-refractivity contribution >= 4 is 33.0 Å². The van der Waals surface area contributed by atoms with E-state index in [1.54, 1.807) is 7.05 Å². The van der Waals surface area contributed by atoms with Crippen molar-refractivity contribution in [2.75, 3.05) is 19.5 Å². The second-order valence-corrected chi connectivity index (χ2v) is 8.23. The minimum Gasteiger partial charge on any atom is -0.495 e. The van der Waals surface area contributed by atoms with Gasteiger partial charge in [0.25, 0.3) is 0 Å². The summed E-state index contributed by atoms with van der Waals surface area (Å²) in [4.78, 5) is 12.4. The lowest BCUT2D eigenvalue weighted by molar-refractivity contribution is -0.114. The van der Waals surface area contributed by atoms with Crippen molar-refractivity contribution in [2.45, 2.75) is 24.8 Å². The van der Waals surface area contributed by atoms with E-state index in [0.717, 1.165) is 4.88 Å². The van der Waals surface area contributed by atoms with E-state index in [1.165, 1.54) is 47.9 Å². The number of nitrogens with zero attached hydrogens (tertiary/aromatic N) is 1. The van der Waals surface area contributed by atoms with Crippen molar-refractivity contribution in [3.05, 3.63) is 40.6 Å². The zero-order valence-corrected chi connectivity index (χ0v) is 15.6. The van der Waals surface area contributed by atoms with Gasteiger partial charge in [-0.25, -0.2) is 8.42 Å². The van der Waals surface area contributed by atoms with Crippen molar-refractivity contribution in [1.82, 2.24) is 4.31 Å². The minimum absolute atomic E-state index is 0.0953. The zero-order valence-electron chi connectivity index (χ0n) is 13.9. The summed E-state index contributed by atoms with van der Waals surface area (Å²) in [6, 6.07) is 7.91. The maximum absolute atomic E-state index is 12.9. The van der Waals surface area contributed by atoms with E-state index >= 15 is 0 Å². The molecule has 0 saturated heterocycles. The SMILES string of the molecule is COc1ccc(S(=O)(=O)N(C)[C@H](C)c2cccs2)cc1NC(C)=O. The normalized spacial score (nSPS) is 12.9. The number of anilines is 1. The predicted octanol–water partition coefficient (Wildman–Crippen LogP) is 3.10. The highest BCUT2D eigenvalue weighted by atomic mass is 32.2. The van der Waals surface area contributed by atoms with Crippen LogP contribution in [0.5, 0.6) is 5.75 Å². The van der Waals surface area contributed by atoms with E-state index in [2.05, 4.69) is 5.32 Å². The molecule has 1 atom stereocenters. The number of methoxy groups -OCH3 is 1. The third-order valence-electron chi connectivity index (χ3n) is 3.66. The van der Waals surface area contributed by atoms with Gasteiger partial charge in [0.1, 0.15) is 5.75 Å². The molecule has 0 saturated carbocycles. The molecule has 0 radical (unpaired) electrons. The number of sulfonamides is 1. The molecule has 0 unspecified atom stereocenters. The van der Waals surface area contributed by atoms with Crippen molar-refractivity contribution in [3.8, 4) is 5.75 Å². The smallest absolute Gasteiger partial charge is 0.243 e. The molecule has 1 amide bonds. The molecule has 6 nitrogen and oxygen atoms in total. The van der Waals surface area contributed by atoms with Crippen LogP contribution in [0.4, 0.5) is 5.69 Å². The summed E-state index contributed by atoms with van der Waals surface area (Å²) in [5.74, 6) is 0.0984. The van der Waals surface area contributed by atoms with Crippen LogP contribution in [0.25, 0.3) is 0 Å². The van der Waals surface area contributed by atoms with Gasteiger partial charge < -0.3 is 10.1 Å². The maximum atomic E-state index is 12.9. The highest BCUT2D eigenvalue weighted by Gasteiger charge is 2.27. The van der Waals surface area contributed by atoms with Crippen LogP contribution >= 0.6 is 11.3 Å². The number of amides is 1. The molecule has 24 heavy (non-hydrogen) atoms. The average Bonchev–Trinajstić information content (AvgIpc) is 3.07. The largest absolute Gasteiger partial charge is 0.495 e. The Kier molecular flexibility index (Phi) is 5.63. The van der Waals surface area contributed by atoms with Crippen molar-refractivity contribution in [2.24, 2.45) is 0 Å². The molecule has 130 valence electrons. The number of ether oxygens (including phenoxy) is 1. The second-order valence-electron chi connectivity index (χ2n) is 5.26. The second kappa shape index (κ2) is 7.33. The van der Waals surface area contributed by atoms with Crippen LogP contribution in [0.2, 0.25) is 0 Å². The van der Waals surface area contributed by atoms with Crippen LogP contribution in [0.15, 0.2) is 40.6 Å². The Hall–Kier alpha value is -1.90. The molecule has 0 aliphatic heterocycles. The molecular formula is C16H20N2O4S2. The van der Waals surface area contributed by atoms with Gasteiger partial charge in [-0.1, -0.05) is 6.07 Å². The van der Waals surface area contributed by atoms with E-state index in [4.69, 9.17) is 4.74 Å². The van der Waals surface area contributed by atoms with Gasteiger partial charge in [0.2, 0.25) is 15.9 Å². The summed E-state index contributed by atoms with van der Waals surface area (Å²) < 4.78 is 32.2. The first-order chi connectivity index (χ1) is 11.3. The molecule has 8 heteroatoms. The van der Waals surface area contributed by atoms with Crippen LogP contribution in [0, 0.1) is 0 Å². The van der Waals surface area contributed by atoms with E-state index in [1.807, 2.05) is 24.4 Å². The van der Waals surface area contributed by atoms with Crippen LogP contribution in [-0.4, -0.2) is 32.8 Å². The van der Waals surface area contributed by atoms with Crippen molar-refractivity contribution < 1.29 is 17.9 Å². The Bertz CT molecular complexity index is 817. The number of hydrogen-bond donors (Lipinski definition) is 1. The zero-order chi connectivity index (χ0) is 17.9. The first kappa shape index (κ1) is 18.4. The van der Waals surface area contributed by atoms with Crippen molar-refractivity contribution in [3.63, 3.8) is 0 Å². The number of hydrogen-bond acceptors (Lipinski definition) is 5. The monoisotopic (exact) mass is 368 g/mol. The fourth-order valence-electron chi connectivity index (χ4n) is 2.22. The number of carbonyl (C=O) groups is 1. The molecule has 0 spiro atoms. The van der Waals surface area contributed by atoms with Gasteiger partial charge >= 0.3 is 0 Å². The Morgan fingerprint density at radius 2 is 2.04 bits per heavy atom. The summed E-state index contributed by atoms with van der Waals surface area (Å²) in [5.41, 5.74) is 0.322. The molecule has 0 aliphatic carbocycles. The van der Waals surface area contributed by atoms with E-state index < -0.39 is 10.0 Å². The average molecular weight is 368 g/mol.